The summed E-state index contributed by atoms with van der Waals surface area (Å²) in [6, 6.07) is 1.77. The number of nitrogens with one attached hydrogen (secondary N) is 1. The fraction of sp³-hybridized carbons (Fsp3) is 0.583. The average molecular weight is 288 g/mol. The average Bonchev–Trinajstić information content (AvgIpc) is 2.54. The molecule has 0 saturated carbocycles. The number of hydrogen-bond donors (Lipinski definition) is 1. The van der Waals surface area contributed by atoms with E-state index < -0.39 is 0 Å². The Balaban J connectivity index is 2.63. The van der Waals surface area contributed by atoms with Gasteiger partial charge >= 0.3 is 0 Å². The van der Waals surface area contributed by atoms with Gasteiger partial charge in [-0.3, -0.25) is 4.79 Å². The van der Waals surface area contributed by atoms with E-state index in [0.29, 0.717) is 17.9 Å². The standard InChI is InChI=1S/C12H18BrNO2/c1-8-5-10(9(2)16-8)11(15)14-7-12(3,4)6-13/h5H,6-7H2,1-4H3,(H,14,15). The van der Waals surface area contributed by atoms with Crippen LogP contribution in [0.5, 0.6) is 0 Å². The van der Waals surface area contributed by atoms with Crippen LogP contribution in [0.2, 0.25) is 0 Å². The van der Waals surface area contributed by atoms with E-state index >= 15 is 0 Å². The Morgan fingerprint density at radius 1 is 1.50 bits per heavy atom. The molecule has 1 amide bonds. The number of halogens is 1. The van der Waals surface area contributed by atoms with Crippen molar-refractivity contribution in [3.05, 3.63) is 23.2 Å². The van der Waals surface area contributed by atoms with E-state index in [9.17, 15) is 4.79 Å². The fourth-order valence-corrected chi connectivity index (χ4v) is 1.52. The van der Waals surface area contributed by atoms with E-state index in [1.165, 1.54) is 0 Å². The van der Waals surface area contributed by atoms with E-state index in [-0.39, 0.29) is 11.3 Å². The van der Waals surface area contributed by atoms with Crippen molar-refractivity contribution >= 4 is 21.8 Å². The summed E-state index contributed by atoms with van der Waals surface area (Å²) in [5.41, 5.74) is 0.686. The number of amides is 1. The molecule has 1 N–H and O–H groups in total. The van der Waals surface area contributed by atoms with Gasteiger partial charge in [-0.05, 0) is 25.3 Å². The van der Waals surface area contributed by atoms with Crippen LogP contribution in [0.3, 0.4) is 0 Å². The van der Waals surface area contributed by atoms with Gasteiger partial charge in [0.1, 0.15) is 11.5 Å². The van der Waals surface area contributed by atoms with E-state index in [0.717, 1.165) is 11.1 Å². The van der Waals surface area contributed by atoms with Crippen LogP contribution in [-0.2, 0) is 0 Å². The maximum atomic E-state index is 11.9. The normalized spacial score (nSPS) is 11.6. The molecule has 1 aromatic heterocycles. The molecule has 1 aromatic rings. The van der Waals surface area contributed by atoms with Crippen LogP contribution in [0.25, 0.3) is 0 Å². The largest absolute Gasteiger partial charge is 0.466 e. The number of rotatable bonds is 4. The molecule has 1 rings (SSSR count). The van der Waals surface area contributed by atoms with Crippen LogP contribution in [-0.4, -0.2) is 17.8 Å². The zero-order chi connectivity index (χ0) is 12.3. The molecule has 0 spiro atoms. The summed E-state index contributed by atoms with van der Waals surface area (Å²) in [7, 11) is 0. The Hall–Kier alpha value is -0.770. The Labute approximate surface area is 105 Å². The number of aryl methyl sites for hydroxylation is 2. The van der Waals surface area contributed by atoms with Gasteiger partial charge in [0.25, 0.3) is 5.91 Å². The smallest absolute Gasteiger partial charge is 0.254 e. The molecule has 0 fully saturated rings. The molecule has 0 aliphatic heterocycles. The minimum atomic E-state index is -0.0663. The van der Waals surface area contributed by atoms with Crippen molar-refractivity contribution in [2.75, 3.05) is 11.9 Å². The second kappa shape index (κ2) is 5.04. The summed E-state index contributed by atoms with van der Waals surface area (Å²) in [6.45, 7) is 8.47. The lowest BCUT2D eigenvalue weighted by atomic mass is 9.97. The van der Waals surface area contributed by atoms with Crippen LogP contribution in [0.1, 0.15) is 35.7 Å². The Morgan fingerprint density at radius 2 is 2.12 bits per heavy atom. The highest BCUT2D eigenvalue weighted by atomic mass is 79.9. The third kappa shape index (κ3) is 3.37. The molecule has 0 bridgehead atoms. The van der Waals surface area contributed by atoms with Gasteiger partial charge in [0.15, 0.2) is 0 Å². The third-order valence-electron chi connectivity index (χ3n) is 2.37. The Morgan fingerprint density at radius 3 is 2.56 bits per heavy atom. The monoisotopic (exact) mass is 287 g/mol. The first kappa shape index (κ1) is 13.3. The highest BCUT2D eigenvalue weighted by molar-refractivity contribution is 9.09. The predicted octanol–water partition coefficient (Wildman–Crippen LogP) is 3.05. The molecule has 3 nitrogen and oxygen atoms in total. The second-order valence-electron chi connectivity index (χ2n) is 4.81. The first-order valence-electron chi connectivity index (χ1n) is 5.27. The van der Waals surface area contributed by atoms with Crippen LogP contribution in [0.15, 0.2) is 10.5 Å². The van der Waals surface area contributed by atoms with E-state index in [1.54, 1.807) is 13.0 Å². The fourth-order valence-electron chi connectivity index (χ4n) is 1.32. The summed E-state index contributed by atoms with van der Waals surface area (Å²) < 4.78 is 5.32. The third-order valence-corrected chi connectivity index (χ3v) is 3.89. The molecule has 0 saturated heterocycles. The molecule has 16 heavy (non-hydrogen) atoms. The zero-order valence-corrected chi connectivity index (χ0v) is 11.8. The van der Waals surface area contributed by atoms with Crippen molar-refractivity contribution in [2.45, 2.75) is 27.7 Å². The van der Waals surface area contributed by atoms with E-state index in [2.05, 4.69) is 35.1 Å². The molecular weight excluding hydrogens is 270 g/mol. The van der Waals surface area contributed by atoms with Gasteiger partial charge in [0.05, 0.1) is 5.56 Å². The lowest BCUT2D eigenvalue weighted by Crippen LogP contribution is -2.34. The van der Waals surface area contributed by atoms with Gasteiger partial charge in [-0.15, -0.1) is 0 Å². The SMILES string of the molecule is Cc1cc(C(=O)NCC(C)(C)CBr)c(C)o1. The van der Waals surface area contributed by atoms with Crippen LogP contribution >= 0.6 is 15.9 Å². The van der Waals surface area contributed by atoms with Crippen molar-refractivity contribution in [2.24, 2.45) is 5.41 Å². The highest BCUT2D eigenvalue weighted by Crippen LogP contribution is 2.18. The number of alkyl halides is 1. The number of hydrogen-bond acceptors (Lipinski definition) is 2. The molecule has 0 aromatic carbocycles. The minimum Gasteiger partial charge on any atom is -0.466 e. The van der Waals surface area contributed by atoms with Crippen LogP contribution < -0.4 is 5.32 Å². The summed E-state index contributed by atoms with van der Waals surface area (Å²) >= 11 is 3.43. The lowest BCUT2D eigenvalue weighted by molar-refractivity contribution is 0.0938. The number of carbonyl (C=O) groups is 1. The van der Waals surface area contributed by atoms with Crippen molar-refractivity contribution in [1.82, 2.24) is 5.32 Å². The quantitative estimate of drug-likeness (QED) is 0.865. The van der Waals surface area contributed by atoms with E-state index in [4.69, 9.17) is 4.42 Å². The maximum absolute atomic E-state index is 11.9. The molecule has 1 heterocycles. The first-order chi connectivity index (χ1) is 7.35. The second-order valence-corrected chi connectivity index (χ2v) is 5.37. The molecule has 0 aliphatic rings. The van der Waals surface area contributed by atoms with Crippen molar-refractivity contribution in [3.63, 3.8) is 0 Å². The van der Waals surface area contributed by atoms with Crippen molar-refractivity contribution in [1.29, 1.82) is 0 Å². The Bertz CT molecular complexity index is 382. The lowest BCUT2D eigenvalue weighted by Gasteiger charge is -2.21. The van der Waals surface area contributed by atoms with Crippen LogP contribution in [0.4, 0.5) is 0 Å². The Kier molecular flexibility index (Phi) is 4.19. The van der Waals surface area contributed by atoms with E-state index in [1.807, 2.05) is 6.92 Å². The summed E-state index contributed by atoms with van der Waals surface area (Å²) in [6.07, 6.45) is 0. The summed E-state index contributed by atoms with van der Waals surface area (Å²) in [5.74, 6) is 1.37. The molecule has 4 heteroatoms. The number of furan rings is 1. The van der Waals surface area contributed by atoms with Gasteiger partial charge < -0.3 is 9.73 Å². The van der Waals surface area contributed by atoms with Gasteiger partial charge in [-0.25, -0.2) is 0 Å². The van der Waals surface area contributed by atoms with Gasteiger partial charge in [-0.2, -0.15) is 0 Å². The first-order valence-corrected chi connectivity index (χ1v) is 6.39. The highest BCUT2D eigenvalue weighted by Gasteiger charge is 2.19. The minimum absolute atomic E-state index is 0.0579. The molecule has 0 aliphatic carbocycles. The van der Waals surface area contributed by atoms with Gasteiger partial charge in [0, 0.05) is 11.9 Å². The summed E-state index contributed by atoms with van der Waals surface area (Å²) in [5, 5.41) is 3.77. The molecule has 0 atom stereocenters. The molecule has 0 unspecified atom stereocenters. The number of carbonyl (C=O) groups excluding carboxylic acids is 1. The molecular formula is C12H18BrNO2. The van der Waals surface area contributed by atoms with Crippen molar-refractivity contribution < 1.29 is 9.21 Å². The van der Waals surface area contributed by atoms with Gasteiger partial charge in [-0.1, -0.05) is 29.8 Å². The zero-order valence-electron chi connectivity index (χ0n) is 10.2. The predicted molar refractivity (Wildman–Crippen MR) is 68.1 cm³/mol. The van der Waals surface area contributed by atoms with Gasteiger partial charge in [0.2, 0.25) is 0 Å². The molecule has 90 valence electrons. The molecule has 0 radical (unpaired) electrons. The topological polar surface area (TPSA) is 42.2 Å². The maximum Gasteiger partial charge on any atom is 0.254 e. The van der Waals surface area contributed by atoms with Crippen LogP contribution in [0, 0.1) is 19.3 Å². The summed E-state index contributed by atoms with van der Waals surface area (Å²) in [4.78, 5) is 11.9. The van der Waals surface area contributed by atoms with Crippen molar-refractivity contribution in [3.8, 4) is 0 Å².